The molecule has 158 valence electrons. The molecule has 0 atom stereocenters. The van der Waals surface area contributed by atoms with E-state index in [1.165, 1.54) is 12.1 Å². The van der Waals surface area contributed by atoms with Gasteiger partial charge in [-0.05, 0) is 60.7 Å². The molecule has 2 aromatic rings. The maximum atomic E-state index is 12.8. The molecule has 2 aromatic carbocycles. The van der Waals surface area contributed by atoms with Crippen LogP contribution in [0, 0.1) is 5.41 Å². The van der Waals surface area contributed by atoms with E-state index in [0.717, 1.165) is 35.0 Å². The Labute approximate surface area is 173 Å². The predicted molar refractivity (Wildman–Crippen MR) is 111 cm³/mol. The highest BCUT2D eigenvalue weighted by atomic mass is 19.4. The van der Waals surface area contributed by atoms with Gasteiger partial charge in [-0.15, -0.1) is 0 Å². The normalized spacial score (nSPS) is 14.5. The van der Waals surface area contributed by atoms with Crippen molar-refractivity contribution < 1.29 is 18.0 Å². The second-order valence-electron chi connectivity index (χ2n) is 7.60. The van der Waals surface area contributed by atoms with Gasteiger partial charge in [0.15, 0.2) is 0 Å². The van der Waals surface area contributed by atoms with Gasteiger partial charge in [0.25, 0.3) is 5.91 Å². The number of carbonyl (C=O) groups is 1. The van der Waals surface area contributed by atoms with Crippen LogP contribution in [0.3, 0.4) is 0 Å². The van der Waals surface area contributed by atoms with E-state index in [1.54, 1.807) is 11.1 Å². The van der Waals surface area contributed by atoms with E-state index in [4.69, 9.17) is 5.41 Å². The van der Waals surface area contributed by atoms with Crippen LogP contribution in [-0.2, 0) is 23.9 Å². The van der Waals surface area contributed by atoms with Crippen molar-refractivity contribution in [3.05, 3.63) is 70.9 Å². The van der Waals surface area contributed by atoms with Crippen molar-refractivity contribution in [2.24, 2.45) is 0 Å². The van der Waals surface area contributed by atoms with Gasteiger partial charge in [0, 0.05) is 31.5 Å². The molecular formula is C23H24F3N3O. The molecule has 0 fully saturated rings. The Morgan fingerprint density at radius 3 is 2.37 bits per heavy atom. The highest BCUT2D eigenvalue weighted by Crippen LogP contribution is 2.32. The number of hydrogen-bond donors (Lipinski definition) is 2. The SMILES string of the molecule is CC(C)N/C=C(\C=N)C(=O)N1CCc2ccc(-c3ccc(C(F)(F)F)cc3)cc2C1. The first-order chi connectivity index (χ1) is 14.2. The molecule has 0 bridgehead atoms. The summed E-state index contributed by atoms with van der Waals surface area (Å²) < 4.78 is 38.4. The molecule has 0 unspecified atom stereocenters. The first kappa shape index (κ1) is 21.6. The van der Waals surface area contributed by atoms with Crippen LogP contribution in [0.25, 0.3) is 11.1 Å². The van der Waals surface area contributed by atoms with Gasteiger partial charge in [0.2, 0.25) is 0 Å². The van der Waals surface area contributed by atoms with E-state index in [0.29, 0.717) is 25.1 Å². The summed E-state index contributed by atoms with van der Waals surface area (Å²) in [4.78, 5) is 14.5. The van der Waals surface area contributed by atoms with E-state index in [-0.39, 0.29) is 17.5 Å². The van der Waals surface area contributed by atoms with Crippen LogP contribution in [0.4, 0.5) is 13.2 Å². The molecule has 4 nitrogen and oxygen atoms in total. The highest BCUT2D eigenvalue weighted by Gasteiger charge is 2.30. The number of amides is 1. The largest absolute Gasteiger partial charge is 0.416 e. The number of halogens is 3. The first-order valence-electron chi connectivity index (χ1n) is 9.74. The van der Waals surface area contributed by atoms with Gasteiger partial charge in [-0.2, -0.15) is 13.2 Å². The molecule has 0 saturated heterocycles. The average molecular weight is 415 g/mol. The van der Waals surface area contributed by atoms with Crippen molar-refractivity contribution in [2.45, 2.75) is 39.0 Å². The van der Waals surface area contributed by atoms with Crippen LogP contribution in [0.15, 0.2) is 54.2 Å². The third kappa shape index (κ3) is 4.90. The molecule has 1 aliphatic rings. The molecule has 2 N–H and O–H groups in total. The van der Waals surface area contributed by atoms with E-state index >= 15 is 0 Å². The summed E-state index contributed by atoms with van der Waals surface area (Å²) in [5.41, 5.74) is 3.19. The summed E-state index contributed by atoms with van der Waals surface area (Å²) in [6.45, 7) is 4.85. The maximum absolute atomic E-state index is 12.8. The number of nitrogens with one attached hydrogen (secondary N) is 2. The second-order valence-corrected chi connectivity index (χ2v) is 7.60. The van der Waals surface area contributed by atoms with E-state index in [9.17, 15) is 18.0 Å². The Kier molecular flexibility index (Phi) is 6.29. The molecule has 30 heavy (non-hydrogen) atoms. The molecular weight excluding hydrogens is 391 g/mol. The second kappa shape index (κ2) is 8.73. The summed E-state index contributed by atoms with van der Waals surface area (Å²) in [5.74, 6) is -0.219. The van der Waals surface area contributed by atoms with Crippen molar-refractivity contribution in [3.8, 4) is 11.1 Å². The summed E-state index contributed by atoms with van der Waals surface area (Å²) in [6.07, 6.45) is -1.06. The fourth-order valence-corrected chi connectivity index (χ4v) is 3.37. The molecule has 7 heteroatoms. The number of carbonyl (C=O) groups excluding carboxylic acids is 1. The van der Waals surface area contributed by atoms with Gasteiger partial charge < -0.3 is 15.6 Å². The minimum absolute atomic E-state index is 0.154. The molecule has 1 aliphatic heterocycles. The van der Waals surface area contributed by atoms with Crippen molar-refractivity contribution in [1.29, 1.82) is 5.41 Å². The number of hydrogen-bond acceptors (Lipinski definition) is 3. The Morgan fingerprint density at radius 1 is 1.10 bits per heavy atom. The van der Waals surface area contributed by atoms with Gasteiger partial charge in [-0.25, -0.2) is 0 Å². The topological polar surface area (TPSA) is 56.2 Å². The van der Waals surface area contributed by atoms with Crippen LogP contribution in [0.5, 0.6) is 0 Å². The molecule has 0 spiro atoms. The third-order valence-corrected chi connectivity index (χ3v) is 5.03. The quantitative estimate of drug-likeness (QED) is 0.545. The van der Waals surface area contributed by atoms with Crippen molar-refractivity contribution in [2.75, 3.05) is 6.54 Å². The highest BCUT2D eigenvalue weighted by molar-refractivity contribution is 6.11. The monoisotopic (exact) mass is 415 g/mol. The number of alkyl halides is 3. The van der Waals surface area contributed by atoms with E-state index < -0.39 is 11.7 Å². The van der Waals surface area contributed by atoms with Gasteiger partial charge in [-0.3, -0.25) is 4.79 Å². The maximum Gasteiger partial charge on any atom is 0.416 e. The summed E-state index contributed by atoms with van der Waals surface area (Å²) in [7, 11) is 0. The average Bonchev–Trinajstić information content (AvgIpc) is 2.72. The van der Waals surface area contributed by atoms with Gasteiger partial charge in [0.1, 0.15) is 0 Å². The zero-order valence-corrected chi connectivity index (χ0v) is 16.9. The molecule has 3 rings (SSSR count). The van der Waals surface area contributed by atoms with Gasteiger partial charge in [-0.1, -0.05) is 24.3 Å². The Bertz CT molecular complexity index is 963. The van der Waals surface area contributed by atoms with E-state index in [2.05, 4.69) is 5.32 Å². The predicted octanol–water partition coefficient (Wildman–Crippen LogP) is 4.79. The summed E-state index contributed by atoms with van der Waals surface area (Å²) in [6, 6.07) is 11.0. The summed E-state index contributed by atoms with van der Waals surface area (Å²) in [5, 5.41) is 10.6. The van der Waals surface area contributed by atoms with Crippen LogP contribution in [0.2, 0.25) is 0 Å². The fraction of sp³-hybridized carbons (Fsp3) is 0.304. The van der Waals surface area contributed by atoms with Crippen LogP contribution in [0.1, 0.15) is 30.5 Å². The van der Waals surface area contributed by atoms with Crippen LogP contribution in [-0.4, -0.2) is 29.6 Å². The van der Waals surface area contributed by atoms with E-state index in [1.807, 2.05) is 32.0 Å². The van der Waals surface area contributed by atoms with Gasteiger partial charge >= 0.3 is 6.18 Å². The number of nitrogens with zero attached hydrogens (tertiary/aromatic N) is 1. The lowest BCUT2D eigenvalue weighted by atomic mass is 9.94. The molecule has 0 saturated carbocycles. The molecule has 0 radical (unpaired) electrons. The molecule has 1 amide bonds. The lowest BCUT2D eigenvalue weighted by Gasteiger charge is -2.29. The van der Waals surface area contributed by atoms with Crippen molar-refractivity contribution in [3.63, 3.8) is 0 Å². The van der Waals surface area contributed by atoms with Crippen LogP contribution >= 0.6 is 0 Å². The standard InChI is InChI=1S/C23H24F3N3O/c1-15(2)28-13-20(12-27)22(30)29-10-9-17-3-4-18(11-19(17)14-29)16-5-7-21(8-6-16)23(24,25)26/h3-8,11-13,15,27-28H,9-10,14H2,1-2H3/b20-13+,27-12?. The minimum Gasteiger partial charge on any atom is -0.388 e. The lowest BCUT2D eigenvalue weighted by molar-refractivity contribution is -0.137. The zero-order chi connectivity index (χ0) is 21.9. The lowest BCUT2D eigenvalue weighted by Crippen LogP contribution is -2.37. The Balaban J connectivity index is 1.81. The smallest absolute Gasteiger partial charge is 0.388 e. The number of fused-ring (bicyclic) bond motifs is 1. The molecule has 0 aromatic heterocycles. The van der Waals surface area contributed by atoms with Gasteiger partial charge in [0.05, 0.1) is 11.1 Å². The Hall–Kier alpha value is -3.09. The zero-order valence-electron chi connectivity index (χ0n) is 16.9. The van der Waals surface area contributed by atoms with Crippen molar-refractivity contribution >= 4 is 12.1 Å². The fourth-order valence-electron chi connectivity index (χ4n) is 3.37. The minimum atomic E-state index is -4.36. The molecule has 0 aliphatic carbocycles. The number of benzene rings is 2. The third-order valence-electron chi connectivity index (χ3n) is 5.03. The Morgan fingerprint density at radius 2 is 1.77 bits per heavy atom. The summed E-state index contributed by atoms with van der Waals surface area (Å²) >= 11 is 0. The first-order valence-corrected chi connectivity index (χ1v) is 9.74. The molecule has 1 heterocycles. The van der Waals surface area contributed by atoms with Crippen LogP contribution < -0.4 is 5.32 Å². The van der Waals surface area contributed by atoms with Crippen molar-refractivity contribution in [1.82, 2.24) is 10.2 Å². The number of rotatable bonds is 5.